The van der Waals surface area contributed by atoms with E-state index in [0.717, 1.165) is 11.1 Å². The number of rotatable bonds is 10. The van der Waals surface area contributed by atoms with E-state index < -0.39 is 41.1 Å². The van der Waals surface area contributed by atoms with E-state index >= 15 is 0 Å². The largest absolute Gasteiger partial charge is 0.444 e. The molecule has 4 amide bonds. The van der Waals surface area contributed by atoms with Gasteiger partial charge in [-0.05, 0) is 79.4 Å². The van der Waals surface area contributed by atoms with E-state index in [9.17, 15) is 19.2 Å². The minimum absolute atomic E-state index is 0.0198. The van der Waals surface area contributed by atoms with Gasteiger partial charge in [0.05, 0.1) is 0 Å². The number of alkyl carbamates (subject to hydrolysis) is 1. The number of nitrogens with one attached hydrogen (secondary N) is 2. The first-order valence-corrected chi connectivity index (χ1v) is 12.4. The van der Waals surface area contributed by atoms with Crippen molar-refractivity contribution in [3.05, 3.63) is 34.9 Å². The maximum atomic E-state index is 14.0. The fourth-order valence-corrected chi connectivity index (χ4v) is 3.74. The van der Waals surface area contributed by atoms with Crippen LogP contribution in [0.3, 0.4) is 0 Å². The molecule has 2 atom stereocenters. The summed E-state index contributed by atoms with van der Waals surface area (Å²) in [7, 11) is 0. The molecule has 0 saturated heterocycles. The monoisotopic (exact) mass is 504 g/mol. The molecular weight excluding hydrogens is 460 g/mol. The molecule has 0 aliphatic heterocycles. The second kappa shape index (κ2) is 12.7. The minimum atomic E-state index is -1.10. The van der Waals surface area contributed by atoms with Crippen LogP contribution in [0.4, 0.5) is 4.79 Å². The normalized spacial score (nSPS) is 13.4. The van der Waals surface area contributed by atoms with E-state index in [1.807, 2.05) is 59.7 Å². The first-order valence-electron chi connectivity index (χ1n) is 12.4. The van der Waals surface area contributed by atoms with Gasteiger partial charge in [-0.2, -0.15) is 0 Å². The molecule has 1 rings (SSSR count). The van der Waals surface area contributed by atoms with Crippen molar-refractivity contribution in [1.82, 2.24) is 15.5 Å². The molecule has 36 heavy (non-hydrogen) atoms. The van der Waals surface area contributed by atoms with E-state index in [0.29, 0.717) is 12.0 Å². The second-order valence-corrected chi connectivity index (χ2v) is 11.2. The van der Waals surface area contributed by atoms with Crippen LogP contribution in [0.1, 0.15) is 90.5 Å². The molecule has 0 bridgehead atoms. The average molecular weight is 505 g/mol. The number of ether oxygens (including phenoxy) is 1. The predicted molar refractivity (Wildman–Crippen MR) is 140 cm³/mol. The van der Waals surface area contributed by atoms with Gasteiger partial charge in [0.15, 0.2) is 0 Å². The van der Waals surface area contributed by atoms with Crippen LogP contribution in [0.15, 0.2) is 18.2 Å². The Kier molecular flexibility index (Phi) is 10.9. The number of nitrogens with two attached hydrogens (primary N) is 1. The van der Waals surface area contributed by atoms with E-state index in [1.165, 1.54) is 4.90 Å². The Labute approximate surface area is 215 Å². The van der Waals surface area contributed by atoms with Crippen LogP contribution in [-0.4, -0.2) is 52.4 Å². The van der Waals surface area contributed by atoms with Crippen LogP contribution >= 0.6 is 0 Å². The molecule has 9 heteroatoms. The quantitative estimate of drug-likeness (QED) is 0.448. The van der Waals surface area contributed by atoms with Crippen LogP contribution in [0, 0.1) is 13.8 Å². The standard InChI is InChI=1S/C27H44N4O5/c1-10-15-31(24(34)20(13-14-21(28)32)29-25(35)36-27(7,8)9)22(23(33)30-26(4,5)6)19-16-17(2)11-12-18(19)3/h11-12,16,20,22H,10,13-15H2,1-9H3,(H2,28,32)(H,29,35)(H,30,33). The molecule has 4 N–H and O–H groups in total. The van der Waals surface area contributed by atoms with Gasteiger partial charge >= 0.3 is 6.09 Å². The smallest absolute Gasteiger partial charge is 0.408 e. The lowest BCUT2D eigenvalue weighted by atomic mass is 9.94. The molecule has 9 nitrogen and oxygen atoms in total. The molecule has 0 aliphatic carbocycles. The van der Waals surface area contributed by atoms with Crippen LogP contribution in [0.5, 0.6) is 0 Å². The van der Waals surface area contributed by atoms with Gasteiger partial charge in [-0.1, -0.05) is 30.7 Å². The molecule has 202 valence electrons. The summed E-state index contributed by atoms with van der Waals surface area (Å²) < 4.78 is 5.34. The second-order valence-electron chi connectivity index (χ2n) is 11.2. The van der Waals surface area contributed by atoms with Crippen molar-refractivity contribution in [3.8, 4) is 0 Å². The molecule has 0 fully saturated rings. The van der Waals surface area contributed by atoms with E-state index in [2.05, 4.69) is 10.6 Å². The Hall–Kier alpha value is -3.10. The maximum absolute atomic E-state index is 14.0. The highest BCUT2D eigenvalue weighted by Gasteiger charge is 2.37. The zero-order valence-electron chi connectivity index (χ0n) is 23.3. The van der Waals surface area contributed by atoms with Crippen LogP contribution in [0.25, 0.3) is 0 Å². The first-order chi connectivity index (χ1) is 16.4. The number of amides is 4. The zero-order valence-corrected chi connectivity index (χ0v) is 23.3. The zero-order chi connectivity index (χ0) is 27.8. The topological polar surface area (TPSA) is 131 Å². The highest BCUT2D eigenvalue weighted by molar-refractivity contribution is 5.93. The lowest BCUT2D eigenvalue weighted by Crippen LogP contribution is -2.55. The summed E-state index contributed by atoms with van der Waals surface area (Å²) in [6.45, 7) is 16.7. The Morgan fingerprint density at radius 2 is 1.67 bits per heavy atom. The summed E-state index contributed by atoms with van der Waals surface area (Å²) in [5.74, 6) is -1.42. The molecule has 0 aromatic heterocycles. The van der Waals surface area contributed by atoms with Gasteiger partial charge in [0.1, 0.15) is 17.7 Å². The molecule has 0 saturated carbocycles. The number of carbonyl (C=O) groups is 4. The molecule has 0 radical (unpaired) electrons. The predicted octanol–water partition coefficient (Wildman–Crippen LogP) is 3.66. The van der Waals surface area contributed by atoms with Crippen LogP contribution in [-0.2, 0) is 19.1 Å². The molecule has 2 unspecified atom stereocenters. The maximum Gasteiger partial charge on any atom is 0.408 e. The summed E-state index contributed by atoms with van der Waals surface area (Å²) >= 11 is 0. The molecular formula is C27H44N4O5. The molecule has 0 aliphatic rings. The van der Waals surface area contributed by atoms with Crippen molar-refractivity contribution >= 4 is 23.8 Å². The van der Waals surface area contributed by atoms with Crippen molar-refractivity contribution in [3.63, 3.8) is 0 Å². The molecule has 0 spiro atoms. The number of primary amides is 1. The number of benzene rings is 1. The van der Waals surface area contributed by atoms with E-state index in [-0.39, 0.29) is 25.3 Å². The number of aryl methyl sites for hydroxylation is 2. The van der Waals surface area contributed by atoms with Gasteiger partial charge in [-0.25, -0.2) is 4.79 Å². The van der Waals surface area contributed by atoms with Gasteiger partial charge in [0.25, 0.3) is 0 Å². The Morgan fingerprint density at radius 3 is 2.17 bits per heavy atom. The number of hydrogen-bond acceptors (Lipinski definition) is 5. The van der Waals surface area contributed by atoms with Crippen molar-refractivity contribution in [2.45, 2.75) is 105 Å². The SMILES string of the molecule is CCCN(C(=O)C(CCC(N)=O)NC(=O)OC(C)(C)C)C(C(=O)NC(C)(C)C)c1cc(C)ccc1C. The third-order valence-electron chi connectivity index (χ3n) is 5.20. The van der Waals surface area contributed by atoms with E-state index in [4.69, 9.17) is 10.5 Å². The first kappa shape index (κ1) is 30.9. The van der Waals surface area contributed by atoms with Gasteiger partial charge < -0.3 is 26.0 Å². The van der Waals surface area contributed by atoms with Crippen molar-refractivity contribution in [2.75, 3.05) is 6.54 Å². The summed E-state index contributed by atoms with van der Waals surface area (Å²) in [6, 6.07) is 3.73. The Balaban J connectivity index is 3.55. The summed E-state index contributed by atoms with van der Waals surface area (Å²) in [4.78, 5) is 53.2. The Morgan fingerprint density at radius 1 is 1.06 bits per heavy atom. The fourth-order valence-electron chi connectivity index (χ4n) is 3.74. The number of nitrogens with zero attached hydrogens (tertiary/aromatic N) is 1. The molecule has 1 aromatic carbocycles. The van der Waals surface area contributed by atoms with Gasteiger partial charge in [-0.15, -0.1) is 0 Å². The van der Waals surface area contributed by atoms with E-state index in [1.54, 1.807) is 20.8 Å². The molecule has 1 aromatic rings. The van der Waals surface area contributed by atoms with Crippen LogP contribution < -0.4 is 16.4 Å². The minimum Gasteiger partial charge on any atom is -0.444 e. The third kappa shape index (κ3) is 10.3. The summed E-state index contributed by atoms with van der Waals surface area (Å²) in [5, 5.41) is 5.60. The fraction of sp³-hybridized carbons (Fsp3) is 0.630. The molecule has 0 heterocycles. The lowest BCUT2D eigenvalue weighted by molar-refractivity contribution is -0.143. The van der Waals surface area contributed by atoms with Crippen molar-refractivity contribution < 1.29 is 23.9 Å². The Bertz CT molecular complexity index is 946. The van der Waals surface area contributed by atoms with Gasteiger partial charge in [0.2, 0.25) is 17.7 Å². The number of carbonyl (C=O) groups excluding carboxylic acids is 4. The van der Waals surface area contributed by atoms with Gasteiger partial charge in [-0.3, -0.25) is 14.4 Å². The summed E-state index contributed by atoms with van der Waals surface area (Å²) in [6.07, 6.45) is -0.350. The van der Waals surface area contributed by atoms with Crippen LogP contribution in [0.2, 0.25) is 0 Å². The highest BCUT2D eigenvalue weighted by Crippen LogP contribution is 2.28. The summed E-state index contributed by atoms with van der Waals surface area (Å²) in [5.41, 5.74) is 6.53. The highest BCUT2D eigenvalue weighted by atomic mass is 16.6. The van der Waals surface area contributed by atoms with Gasteiger partial charge in [0, 0.05) is 18.5 Å². The third-order valence-corrected chi connectivity index (χ3v) is 5.20. The van der Waals surface area contributed by atoms with Crippen molar-refractivity contribution in [1.29, 1.82) is 0 Å². The van der Waals surface area contributed by atoms with Crippen molar-refractivity contribution in [2.24, 2.45) is 5.73 Å². The number of hydrogen-bond donors (Lipinski definition) is 3. The lowest BCUT2D eigenvalue weighted by Gasteiger charge is -2.36. The average Bonchev–Trinajstić information content (AvgIpc) is 2.69.